The molecule has 2 aliphatic rings. The summed E-state index contributed by atoms with van der Waals surface area (Å²) in [6.45, 7) is 2.17. The van der Waals surface area contributed by atoms with E-state index in [9.17, 15) is 28.8 Å². The summed E-state index contributed by atoms with van der Waals surface area (Å²) in [7, 11) is 0. The number of primary amides is 1. The summed E-state index contributed by atoms with van der Waals surface area (Å²) in [5, 5.41) is 0. The van der Waals surface area contributed by atoms with Crippen molar-refractivity contribution in [1.82, 2.24) is 9.80 Å². The van der Waals surface area contributed by atoms with E-state index in [1.807, 2.05) is 21.9 Å². The van der Waals surface area contributed by atoms with Crippen molar-refractivity contribution in [3.05, 3.63) is 64.7 Å². The molecule has 1 fully saturated rings. The number of hydrogen-bond donors (Lipinski definition) is 1. The highest BCUT2D eigenvalue weighted by Crippen LogP contribution is 2.30. The minimum atomic E-state index is -1.18. The van der Waals surface area contributed by atoms with Crippen LogP contribution in [-0.4, -0.2) is 78.2 Å². The number of amides is 4. The first kappa shape index (κ1) is 25.7. The number of fused-ring (bicyclic) bond motifs is 1. The zero-order valence-electron chi connectivity index (χ0n) is 20.3. The van der Waals surface area contributed by atoms with Crippen molar-refractivity contribution in [2.24, 2.45) is 5.73 Å². The topological polar surface area (TPSA) is 138 Å². The highest BCUT2D eigenvalue weighted by atomic mass is 16.2. The Kier molecular flexibility index (Phi) is 7.76. The van der Waals surface area contributed by atoms with Crippen LogP contribution in [0.3, 0.4) is 0 Å². The Morgan fingerprint density at radius 1 is 0.919 bits per heavy atom. The maximum Gasteiger partial charge on any atom is 0.262 e. The monoisotopic (exact) mass is 504 g/mol. The standard InChI is InChI=1S/C27H28N4O6/c28-25(35)23(2-1-15-32)31-26(36)21-9-8-20(16-22(21)27(31)37)29-11-13-30(14-12-29)24(34)10-7-18-3-5-19(17-33)6-4-18/h3-6,8-9,15-17,23H,1-2,7,10-14H2,(H2,28,35). The van der Waals surface area contributed by atoms with Crippen molar-refractivity contribution in [2.75, 3.05) is 31.1 Å². The molecular weight excluding hydrogens is 476 g/mol. The molecule has 1 atom stereocenters. The van der Waals surface area contributed by atoms with E-state index < -0.39 is 23.8 Å². The maximum absolute atomic E-state index is 13.0. The minimum Gasteiger partial charge on any atom is -0.368 e. The van der Waals surface area contributed by atoms with Gasteiger partial charge in [-0.25, -0.2) is 0 Å². The van der Waals surface area contributed by atoms with Gasteiger partial charge in [0.15, 0.2) is 0 Å². The average molecular weight is 505 g/mol. The second kappa shape index (κ2) is 11.2. The Balaban J connectivity index is 1.37. The van der Waals surface area contributed by atoms with E-state index in [1.165, 1.54) is 0 Å². The molecule has 2 aliphatic heterocycles. The lowest BCUT2D eigenvalue weighted by molar-refractivity contribution is -0.131. The van der Waals surface area contributed by atoms with E-state index >= 15 is 0 Å². The van der Waals surface area contributed by atoms with Crippen LogP contribution in [0.25, 0.3) is 0 Å². The quantitative estimate of drug-likeness (QED) is 0.379. The number of imide groups is 1. The summed E-state index contributed by atoms with van der Waals surface area (Å²) in [5.41, 5.74) is 8.14. The molecule has 0 aromatic heterocycles. The van der Waals surface area contributed by atoms with Crippen LogP contribution in [0.15, 0.2) is 42.5 Å². The van der Waals surface area contributed by atoms with Crippen molar-refractivity contribution in [3.8, 4) is 0 Å². The molecular formula is C27H28N4O6. The Hall–Kier alpha value is -4.34. The number of nitrogens with two attached hydrogens (primary N) is 1. The molecule has 4 rings (SSSR count). The number of anilines is 1. The molecule has 10 heteroatoms. The van der Waals surface area contributed by atoms with E-state index in [2.05, 4.69) is 0 Å². The first-order valence-corrected chi connectivity index (χ1v) is 12.2. The molecule has 1 saturated heterocycles. The molecule has 0 bridgehead atoms. The first-order valence-electron chi connectivity index (χ1n) is 12.2. The highest BCUT2D eigenvalue weighted by molar-refractivity contribution is 6.23. The third kappa shape index (κ3) is 5.42. The van der Waals surface area contributed by atoms with Crippen LogP contribution < -0.4 is 10.6 Å². The number of aldehydes is 2. The van der Waals surface area contributed by atoms with Gasteiger partial charge in [-0.3, -0.25) is 28.9 Å². The normalized spacial score (nSPS) is 15.9. The molecule has 0 spiro atoms. The molecule has 0 aliphatic carbocycles. The zero-order chi connectivity index (χ0) is 26.5. The fraction of sp³-hybridized carbons (Fsp3) is 0.333. The largest absolute Gasteiger partial charge is 0.368 e. The second-order valence-electron chi connectivity index (χ2n) is 9.10. The Morgan fingerprint density at radius 3 is 2.22 bits per heavy atom. The predicted molar refractivity (Wildman–Crippen MR) is 134 cm³/mol. The van der Waals surface area contributed by atoms with E-state index in [-0.39, 0.29) is 29.9 Å². The second-order valence-corrected chi connectivity index (χ2v) is 9.10. The SMILES string of the molecule is NC(=O)C(CCC=O)N1C(=O)c2ccc(N3CCN(C(=O)CCc4ccc(C=O)cc4)CC3)cc2C1=O. The van der Waals surface area contributed by atoms with Crippen molar-refractivity contribution < 1.29 is 28.8 Å². The van der Waals surface area contributed by atoms with Gasteiger partial charge in [0, 0.05) is 50.3 Å². The van der Waals surface area contributed by atoms with Gasteiger partial charge < -0.3 is 20.3 Å². The lowest BCUT2D eigenvalue weighted by Crippen LogP contribution is -2.49. The van der Waals surface area contributed by atoms with Gasteiger partial charge in [-0.1, -0.05) is 24.3 Å². The zero-order valence-corrected chi connectivity index (χ0v) is 20.3. The predicted octanol–water partition coefficient (Wildman–Crippen LogP) is 1.21. The lowest BCUT2D eigenvalue weighted by Gasteiger charge is -2.36. The summed E-state index contributed by atoms with van der Waals surface area (Å²) in [4.78, 5) is 76.7. The molecule has 2 aromatic carbocycles. The van der Waals surface area contributed by atoms with Gasteiger partial charge in [0.25, 0.3) is 11.8 Å². The maximum atomic E-state index is 13.0. The van der Waals surface area contributed by atoms with Gasteiger partial charge in [-0.15, -0.1) is 0 Å². The number of benzene rings is 2. The Labute approximate surface area is 214 Å². The summed E-state index contributed by atoms with van der Waals surface area (Å²) in [6.07, 6.45) is 2.35. The van der Waals surface area contributed by atoms with Crippen molar-refractivity contribution in [3.63, 3.8) is 0 Å². The Bertz CT molecular complexity index is 1230. The van der Waals surface area contributed by atoms with Crippen LogP contribution in [0, 0.1) is 0 Å². The number of piperazine rings is 1. The molecule has 0 saturated carbocycles. The molecule has 2 heterocycles. The molecule has 2 aromatic rings. The van der Waals surface area contributed by atoms with Crippen LogP contribution in [0.1, 0.15) is 55.9 Å². The average Bonchev–Trinajstić information content (AvgIpc) is 3.17. The molecule has 4 amide bonds. The van der Waals surface area contributed by atoms with Crippen molar-refractivity contribution in [2.45, 2.75) is 31.7 Å². The van der Waals surface area contributed by atoms with Crippen LogP contribution >= 0.6 is 0 Å². The van der Waals surface area contributed by atoms with Gasteiger partial charge in [0.05, 0.1) is 11.1 Å². The summed E-state index contributed by atoms with van der Waals surface area (Å²) < 4.78 is 0. The molecule has 0 radical (unpaired) electrons. The van der Waals surface area contributed by atoms with Crippen molar-refractivity contribution >= 4 is 41.9 Å². The van der Waals surface area contributed by atoms with Crippen LogP contribution in [0.2, 0.25) is 0 Å². The van der Waals surface area contributed by atoms with Crippen molar-refractivity contribution in [1.29, 1.82) is 0 Å². The van der Waals surface area contributed by atoms with Crippen LogP contribution in [-0.2, 0) is 20.8 Å². The van der Waals surface area contributed by atoms with E-state index in [4.69, 9.17) is 5.73 Å². The van der Waals surface area contributed by atoms with Crippen LogP contribution in [0.5, 0.6) is 0 Å². The highest BCUT2D eigenvalue weighted by Gasteiger charge is 2.42. The van der Waals surface area contributed by atoms with Gasteiger partial charge in [-0.2, -0.15) is 0 Å². The third-order valence-corrected chi connectivity index (χ3v) is 6.84. The van der Waals surface area contributed by atoms with Gasteiger partial charge in [0.1, 0.15) is 18.6 Å². The molecule has 10 nitrogen and oxygen atoms in total. The van der Waals surface area contributed by atoms with E-state index in [0.717, 1.165) is 22.4 Å². The minimum absolute atomic E-state index is 0.00169. The van der Waals surface area contributed by atoms with E-state index in [1.54, 1.807) is 30.3 Å². The summed E-state index contributed by atoms with van der Waals surface area (Å²) in [6, 6.07) is 10.9. The number of aryl methyl sites for hydroxylation is 1. The molecule has 192 valence electrons. The number of carbonyl (C=O) groups is 6. The molecule has 2 N–H and O–H groups in total. The summed E-state index contributed by atoms with van der Waals surface area (Å²) in [5.74, 6) is -1.99. The fourth-order valence-electron chi connectivity index (χ4n) is 4.74. The first-order chi connectivity index (χ1) is 17.8. The summed E-state index contributed by atoms with van der Waals surface area (Å²) >= 11 is 0. The number of rotatable bonds is 10. The van der Waals surface area contributed by atoms with E-state index in [0.29, 0.717) is 50.9 Å². The Morgan fingerprint density at radius 2 is 1.59 bits per heavy atom. The fourth-order valence-corrected chi connectivity index (χ4v) is 4.74. The van der Waals surface area contributed by atoms with Gasteiger partial charge in [-0.05, 0) is 36.6 Å². The lowest BCUT2D eigenvalue weighted by atomic mass is 10.1. The van der Waals surface area contributed by atoms with Gasteiger partial charge >= 0.3 is 0 Å². The smallest absolute Gasteiger partial charge is 0.262 e. The molecule has 1 unspecified atom stereocenters. The third-order valence-electron chi connectivity index (χ3n) is 6.84. The number of nitrogens with zero attached hydrogens (tertiary/aromatic N) is 3. The number of hydrogen-bond acceptors (Lipinski definition) is 7. The number of carbonyl (C=O) groups excluding carboxylic acids is 6. The van der Waals surface area contributed by atoms with Crippen LogP contribution in [0.4, 0.5) is 5.69 Å². The van der Waals surface area contributed by atoms with Gasteiger partial charge in [0.2, 0.25) is 11.8 Å². The molecule has 37 heavy (non-hydrogen) atoms.